The van der Waals surface area contributed by atoms with Gasteiger partial charge >= 0.3 is 0 Å². The third-order valence-corrected chi connectivity index (χ3v) is 4.84. The van der Waals surface area contributed by atoms with Gasteiger partial charge in [-0.15, -0.1) is 0 Å². The van der Waals surface area contributed by atoms with E-state index >= 15 is 0 Å². The number of benzene rings is 1. The summed E-state index contributed by atoms with van der Waals surface area (Å²) in [5.41, 5.74) is 1.52. The Morgan fingerprint density at radius 1 is 1.20 bits per heavy atom. The molecule has 0 radical (unpaired) electrons. The van der Waals surface area contributed by atoms with Crippen molar-refractivity contribution >= 4 is 18.8 Å². The van der Waals surface area contributed by atoms with Crippen LogP contribution in [-0.4, -0.2) is 18.8 Å². The van der Waals surface area contributed by atoms with Crippen molar-refractivity contribution in [3.05, 3.63) is 35.9 Å². The van der Waals surface area contributed by atoms with E-state index in [0.717, 1.165) is 0 Å². The molecule has 0 fully saturated rings. The number of hydrogen-bond donors (Lipinski definition) is 0. The van der Waals surface area contributed by atoms with Crippen molar-refractivity contribution in [1.29, 1.82) is 0 Å². The normalized spacial score (nSPS) is 11.2. The second-order valence-electron chi connectivity index (χ2n) is 2.59. The molecule has 2 heteroatoms. The van der Waals surface area contributed by atoms with Gasteiger partial charge in [0, 0.05) is 9.04 Å². The molecule has 0 nitrogen and oxygen atoms in total. The summed E-state index contributed by atoms with van der Waals surface area (Å²) in [7, 11) is 1.90. The van der Waals surface area contributed by atoms with Gasteiger partial charge in [-0.25, -0.2) is 0 Å². The molecule has 1 aromatic carbocycles. The first-order chi connectivity index (χ1) is 4.93. The molecule has 0 aliphatic carbocycles. The molecule has 1 rings (SSSR count). The zero-order valence-electron chi connectivity index (χ0n) is 6.51. The van der Waals surface area contributed by atoms with E-state index in [1.165, 1.54) is 27.8 Å². The third kappa shape index (κ3) is 2.50. The Morgan fingerprint density at radius 3 is 2.50 bits per heavy atom. The standard InChI is InChI=1S/C8H14Si2/c9-10-7-6-8-4-2-1-3-5-8/h1-5H,6-7,10H2,9H3. The maximum absolute atomic E-state index is 2.23. The minimum Gasteiger partial charge on any atom is -0.0622 e. The van der Waals surface area contributed by atoms with Crippen molar-refractivity contribution in [3.8, 4) is 0 Å². The molecule has 0 N–H and O–H groups in total. The lowest BCUT2D eigenvalue weighted by Gasteiger charge is -1.96. The SMILES string of the molecule is [SiH3][SiH2]CCc1ccccc1. The molecule has 0 unspecified atom stereocenters. The highest BCUT2D eigenvalue weighted by Gasteiger charge is 1.87. The number of aryl methyl sites for hydroxylation is 1. The van der Waals surface area contributed by atoms with Gasteiger partial charge in [-0.05, 0) is 21.7 Å². The molecular formula is C8H14Si2. The maximum atomic E-state index is 2.23. The van der Waals surface area contributed by atoms with Crippen LogP contribution in [0, 0.1) is 0 Å². The van der Waals surface area contributed by atoms with Crippen LogP contribution in [0.2, 0.25) is 6.04 Å². The molecule has 0 amide bonds. The lowest BCUT2D eigenvalue weighted by atomic mass is 10.2. The van der Waals surface area contributed by atoms with Gasteiger partial charge in [0.15, 0.2) is 0 Å². The van der Waals surface area contributed by atoms with Crippen molar-refractivity contribution < 1.29 is 0 Å². The van der Waals surface area contributed by atoms with Crippen LogP contribution in [0.15, 0.2) is 30.3 Å². The topological polar surface area (TPSA) is 0 Å². The van der Waals surface area contributed by atoms with Crippen molar-refractivity contribution in [1.82, 2.24) is 0 Å². The van der Waals surface area contributed by atoms with Crippen LogP contribution in [0.1, 0.15) is 5.56 Å². The molecule has 0 heterocycles. The quantitative estimate of drug-likeness (QED) is 0.559. The van der Waals surface area contributed by atoms with Crippen LogP contribution >= 0.6 is 0 Å². The van der Waals surface area contributed by atoms with Crippen molar-refractivity contribution in [2.75, 3.05) is 0 Å². The molecule has 10 heavy (non-hydrogen) atoms. The number of rotatable bonds is 3. The first kappa shape index (κ1) is 7.76. The van der Waals surface area contributed by atoms with Gasteiger partial charge < -0.3 is 0 Å². The van der Waals surface area contributed by atoms with Crippen LogP contribution < -0.4 is 0 Å². The fraction of sp³-hybridized carbons (Fsp3) is 0.250. The maximum Gasteiger partial charge on any atom is 0.00454 e. The minimum absolute atomic E-state index is 0.409. The zero-order valence-corrected chi connectivity index (χ0v) is 9.92. The highest BCUT2D eigenvalue weighted by atomic mass is 29.1. The molecular weight excluding hydrogens is 152 g/mol. The average Bonchev–Trinajstić information content (AvgIpc) is 2.03. The van der Waals surface area contributed by atoms with E-state index in [1.807, 2.05) is 0 Å². The van der Waals surface area contributed by atoms with E-state index in [9.17, 15) is 0 Å². The predicted molar refractivity (Wildman–Crippen MR) is 53.4 cm³/mol. The highest BCUT2D eigenvalue weighted by Crippen LogP contribution is 2.00. The van der Waals surface area contributed by atoms with E-state index in [2.05, 4.69) is 30.3 Å². The summed E-state index contributed by atoms with van der Waals surface area (Å²) in [5.74, 6) is 0. The van der Waals surface area contributed by atoms with Gasteiger partial charge in [-0.1, -0.05) is 36.4 Å². The molecule has 1 aromatic rings. The molecule has 0 saturated heterocycles. The minimum atomic E-state index is 0.409. The van der Waals surface area contributed by atoms with Gasteiger partial charge in [0.2, 0.25) is 0 Å². The fourth-order valence-electron chi connectivity index (χ4n) is 1.03. The molecule has 0 atom stereocenters. The smallest absolute Gasteiger partial charge is 0.00454 e. The third-order valence-electron chi connectivity index (χ3n) is 1.66. The fourth-order valence-corrected chi connectivity index (χ4v) is 2.85. The lowest BCUT2D eigenvalue weighted by molar-refractivity contribution is 1.13. The van der Waals surface area contributed by atoms with E-state index < -0.39 is 0 Å². The Morgan fingerprint density at radius 2 is 1.90 bits per heavy atom. The molecule has 0 saturated carbocycles. The molecule has 54 valence electrons. The van der Waals surface area contributed by atoms with Crippen molar-refractivity contribution in [3.63, 3.8) is 0 Å². The van der Waals surface area contributed by atoms with E-state index in [1.54, 1.807) is 0 Å². The van der Waals surface area contributed by atoms with Crippen LogP contribution in [0.5, 0.6) is 0 Å². The van der Waals surface area contributed by atoms with Crippen LogP contribution in [0.3, 0.4) is 0 Å². The van der Waals surface area contributed by atoms with Gasteiger partial charge in [0.05, 0.1) is 0 Å². The van der Waals surface area contributed by atoms with Crippen molar-refractivity contribution in [2.45, 2.75) is 12.5 Å². The van der Waals surface area contributed by atoms with Crippen LogP contribution in [-0.2, 0) is 6.42 Å². The summed E-state index contributed by atoms with van der Waals surface area (Å²) < 4.78 is 0. The Hall–Kier alpha value is -0.346. The summed E-state index contributed by atoms with van der Waals surface area (Å²) in [4.78, 5) is 0. The Kier molecular flexibility index (Phi) is 3.46. The molecule has 0 aliphatic rings. The summed E-state index contributed by atoms with van der Waals surface area (Å²) in [6.45, 7) is 0. The van der Waals surface area contributed by atoms with Gasteiger partial charge in [-0.3, -0.25) is 0 Å². The molecule has 0 aromatic heterocycles. The van der Waals surface area contributed by atoms with E-state index in [-0.39, 0.29) is 0 Å². The average molecular weight is 166 g/mol. The molecule has 0 aliphatic heterocycles. The number of hydrogen-bond acceptors (Lipinski definition) is 0. The van der Waals surface area contributed by atoms with Gasteiger partial charge in [-0.2, -0.15) is 0 Å². The molecule has 0 spiro atoms. The summed E-state index contributed by atoms with van der Waals surface area (Å²) in [5, 5.41) is 0. The Balaban J connectivity index is 2.43. The first-order valence-electron chi connectivity index (χ1n) is 3.97. The van der Waals surface area contributed by atoms with Gasteiger partial charge in [0.1, 0.15) is 0 Å². The first-order valence-corrected chi connectivity index (χ1v) is 10.6. The summed E-state index contributed by atoms with van der Waals surface area (Å²) >= 11 is 0. The van der Waals surface area contributed by atoms with Crippen LogP contribution in [0.25, 0.3) is 0 Å². The Bertz CT molecular complexity index is 172. The monoisotopic (exact) mass is 166 g/mol. The highest BCUT2D eigenvalue weighted by molar-refractivity contribution is 6.89. The largest absolute Gasteiger partial charge is 0.0622 e. The zero-order chi connectivity index (χ0) is 7.23. The Labute approximate surface area is 67.7 Å². The van der Waals surface area contributed by atoms with Gasteiger partial charge in [0.25, 0.3) is 0 Å². The van der Waals surface area contributed by atoms with E-state index in [0.29, 0.717) is 9.04 Å². The lowest BCUT2D eigenvalue weighted by Crippen LogP contribution is -1.91. The summed E-state index contributed by atoms with van der Waals surface area (Å²) in [6.07, 6.45) is 1.33. The molecule has 0 bridgehead atoms. The second kappa shape index (κ2) is 4.47. The second-order valence-corrected chi connectivity index (χ2v) is 7.30. The van der Waals surface area contributed by atoms with E-state index in [4.69, 9.17) is 0 Å². The van der Waals surface area contributed by atoms with Crippen LogP contribution in [0.4, 0.5) is 0 Å². The predicted octanol–water partition coefficient (Wildman–Crippen LogP) is 0.0966. The van der Waals surface area contributed by atoms with Crippen molar-refractivity contribution in [2.24, 2.45) is 0 Å². The summed E-state index contributed by atoms with van der Waals surface area (Å²) in [6, 6.07) is 12.3.